The topological polar surface area (TPSA) is 77.1 Å². The van der Waals surface area contributed by atoms with Gasteiger partial charge in [0, 0.05) is 24.3 Å². The smallest absolute Gasteiger partial charge is 0.340 e. The molecule has 0 aromatic heterocycles. The molecule has 0 atom stereocenters. The lowest BCUT2D eigenvalue weighted by Gasteiger charge is -2.30. The summed E-state index contributed by atoms with van der Waals surface area (Å²) in [6.07, 6.45) is 1.63. The van der Waals surface area contributed by atoms with Crippen LogP contribution in [0, 0.1) is 0 Å². The number of benzene rings is 2. The number of nitrogens with one attached hydrogen (secondary N) is 1. The number of anilines is 2. The van der Waals surface area contributed by atoms with Crippen LogP contribution in [0.3, 0.4) is 0 Å². The van der Waals surface area contributed by atoms with E-state index in [0.29, 0.717) is 62.1 Å². The number of morpholine rings is 1. The maximum Gasteiger partial charge on any atom is 0.340 e. The van der Waals surface area contributed by atoms with Crippen LogP contribution in [0.5, 0.6) is 5.75 Å². The van der Waals surface area contributed by atoms with Gasteiger partial charge in [-0.3, -0.25) is 4.79 Å². The Labute approximate surface area is 183 Å². The summed E-state index contributed by atoms with van der Waals surface area (Å²) < 4.78 is 16.4. The lowest BCUT2D eigenvalue weighted by Crippen LogP contribution is -2.37. The van der Waals surface area contributed by atoms with Gasteiger partial charge in [0.15, 0.2) is 0 Å². The normalized spacial score (nSPS) is 13.5. The molecule has 166 valence electrons. The third-order valence-corrected chi connectivity index (χ3v) is 4.83. The summed E-state index contributed by atoms with van der Waals surface area (Å²) in [4.78, 5) is 27.6. The van der Waals surface area contributed by atoms with E-state index in [9.17, 15) is 9.59 Å². The highest BCUT2D eigenvalue weighted by Crippen LogP contribution is 2.27. The summed E-state index contributed by atoms with van der Waals surface area (Å²) in [5.74, 6) is -0.00986. The molecule has 0 aliphatic carbocycles. The van der Waals surface area contributed by atoms with Crippen LogP contribution in [0.1, 0.15) is 47.4 Å². The maximum absolute atomic E-state index is 12.8. The van der Waals surface area contributed by atoms with Gasteiger partial charge in [-0.1, -0.05) is 19.9 Å². The Bertz CT molecular complexity index is 893. The van der Waals surface area contributed by atoms with Crippen molar-refractivity contribution in [3.8, 4) is 5.75 Å². The van der Waals surface area contributed by atoms with Gasteiger partial charge in [0.1, 0.15) is 5.75 Å². The van der Waals surface area contributed by atoms with E-state index in [2.05, 4.69) is 10.2 Å². The summed E-state index contributed by atoms with van der Waals surface area (Å²) in [5.41, 5.74) is 2.25. The van der Waals surface area contributed by atoms with Gasteiger partial charge in [-0.15, -0.1) is 0 Å². The predicted molar refractivity (Wildman–Crippen MR) is 120 cm³/mol. The Morgan fingerprint density at radius 1 is 1.03 bits per heavy atom. The van der Waals surface area contributed by atoms with E-state index in [1.165, 1.54) is 0 Å². The van der Waals surface area contributed by atoms with Crippen molar-refractivity contribution in [2.24, 2.45) is 0 Å². The molecule has 1 aliphatic heterocycles. The number of hydrogen-bond acceptors (Lipinski definition) is 6. The number of rotatable bonds is 9. The first-order chi connectivity index (χ1) is 15.1. The molecular formula is C24H30N2O5. The average Bonchev–Trinajstić information content (AvgIpc) is 2.82. The standard InChI is InChI=1S/C24H30N2O5/c1-3-12-30-20-7-5-6-18(16-20)23(27)25-19-8-9-22(26-10-14-29-15-11-26)21(17-19)24(28)31-13-4-2/h5-9,16-17H,3-4,10-15H2,1-2H3,(H,25,27). The van der Waals surface area contributed by atoms with E-state index in [-0.39, 0.29) is 5.91 Å². The number of nitrogens with zero attached hydrogens (tertiary/aromatic N) is 1. The summed E-state index contributed by atoms with van der Waals surface area (Å²) in [7, 11) is 0. The number of carbonyl (C=O) groups is 2. The Morgan fingerprint density at radius 2 is 1.81 bits per heavy atom. The van der Waals surface area contributed by atoms with E-state index < -0.39 is 5.97 Å². The second kappa shape index (κ2) is 11.4. The minimum Gasteiger partial charge on any atom is -0.494 e. The van der Waals surface area contributed by atoms with Crippen LogP contribution in [0.2, 0.25) is 0 Å². The molecule has 1 saturated heterocycles. The number of carbonyl (C=O) groups excluding carboxylic acids is 2. The van der Waals surface area contributed by atoms with Crippen LogP contribution >= 0.6 is 0 Å². The molecule has 1 heterocycles. The molecule has 0 spiro atoms. The number of esters is 1. The molecule has 2 aromatic rings. The fourth-order valence-corrected chi connectivity index (χ4v) is 3.28. The zero-order chi connectivity index (χ0) is 22.1. The Hall–Kier alpha value is -3.06. The SMILES string of the molecule is CCCOC(=O)c1cc(NC(=O)c2cccc(OCCC)c2)ccc1N1CCOCC1. The third kappa shape index (κ3) is 6.21. The largest absolute Gasteiger partial charge is 0.494 e. The Balaban J connectivity index is 1.80. The van der Waals surface area contributed by atoms with E-state index in [4.69, 9.17) is 14.2 Å². The highest BCUT2D eigenvalue weighted by molar-refractivity contribution is 6.05. The molecule has 1 amide bonds. The predicted octanol–water partition coefficient (Wildman–Crippen LogP) is 4.13. The molecule has 1 aliphatic rings. The van der Waals surface area contributed by atoms with Crippen molar-refractivity contribution in [3.05, 3.63) is 53.6 Å². The quantitative estimate of drug-likeness (QED) is 0.608. The zero-order valence-corrected chi connectivity index (χ0v) is 18.2. The van der Waals surface area contributed by atoms with Crippen molar-refractivity contribution in [1.82, 2.24) is 0 Å². The first-order valence-electron chi connectivity index (χ1n) is 10.8. The fraction of sp³-hybridized carbons (Fsp3) is 0.417. The fourth-order valence-electron chi connectivity index (χ4n) is 3.28. The molecule has 0 bridgehead atoms. The molecular weight excluding hydrogens is 396 g/mol. The van der Waals surface area contributed by atoms with Crippen LogP contribution in [-0.2, 0) is 9.47 Å². The molecule has 2 aromatic carbocycles. The second-order valence-corrected chi connectivity index (χ2v) is 7.30. The van der Waals surface area contributed by atoms with Gasteiger partial charge >= 0.3 is 5.97 Å². The summed E-state index contributed by atoms with van der Waals surface area (Å²) in [6, 6.07) is 12.4. The highest BCUT2D eigenvalue weighted by Gasteiger charge is 2.21. The van der Waals surface area contributed by atoms with Crippen LogP contribution in [-0.4, -0.2) is 51.4 Å². The summed E-state index contributed by atoms with van der Waals surface area (Å²) in [6.45, 7) is 7.54. The minimum absolute atomic E-state index is 0.269. The van der Waals surface area contributed by atoms with Gasteiger partial charge in [0.05, 0.1) is 37.7 Å². The van der Waals surface area contributed by atoms with Crippen molar-refractivity contribution in [2.45, 2.75) is 26.7 Å². The monoisotopic (exact) mass is 426 g/mol. The molecule has 7 heteroatoms. The lowest BCUT2D eigenvalue weighted by molar-refractivity contribution is 0.0504. The average molecular weight is 427 g/mol. The van der Waals surface area contributed by atoms with E-state index in [1.807, 2.05) is 26.0 Å². The van der Waals surface area contributed by atoms with Crippen molar-refractivity contribution in [3.63, 3.8) is 0 Å². The minimum atomic E-state index is -0.394. The number of hydrogen-bond donors (Lipinski definition) is 1. The third-order valence-electron chi connectivity index (χ3n) is 4.83. The molecule has 7 nitrogen and oxygen atoms in total. The van der Waals surface area contributed by atoms with Crippen LogP contribution in [0.15, 0.2) is 42.5 Å². The van der Waals surface area contributed by atoms with Gasteiger partial charge in [-0.05, 0) is 49.2 Å². The van der Waals surface area contributed by atoms with Crippen molar-refractivity contribution < 1.29 is 23.8 Å². The lowest BCUT2D eigenvalue weighted by atomic mass is 10.1. The molecule has 3 rings (SSSR count). The first-order valence-corrected chi connectivity index (χ1v) is 10.8. The molecule has 0 unspecified atom stereocenters. The van der Waals surface area contributed by atoms with Crippen molar-refractivity contribution >= 4 is 23.3 Å². The first kappa shape index (κ1) is 22.6. The maximum atomic E-state index is 12.8. The van der Waals surface area contributed by atoms with Gasteiger partial charge < -0.3 is 24.4 Å². The van der Waals surface area contributed by atoms with Gasteiger partial charge in [0.25, 0.3) is 5.91 Å². The molecule has 1 N–H and O–H groups in total. The zero-order valence-electron chi connectivity index (χ0n) is 18.2. The summed E-state index contributed by atoms with van der Waals surface area (Å²) >= 11 is 0. The summed E-state index contributed by atoms with van der Waals surface area (Å²) in [5, 5.41) is 2.88. The number of amides is 1. The van der Waals surface area contributed by atoms with Crippen LogP contribution in [0.4, 0.5) is 11.4 Å². The Morgan fingerprint density at radius 3 is 2.55 bits per heavy atom. The van der Waals surface area contributed by atoms with Crippen LogP contribution < -0.4 is 15.0 Å². The van der Waals surface area contributed by atoms with E-state index in [0.717, 1.165) is 18.5 Å². The Kier molecular flexibility index (Phi) is 8.29. The molecule has 31 heavy (non-hydrogen) atoms. The number of ether oxygens (including phenoxy) is 3. The van der Waals surface area contributed by atoms with Gasteiger partial charge in [0.2, 0.25) is 0 Å². The van der Waals surface area contributed by atoms with E-state index >= 15 is 0 Å². The molecule has 1 fully saturated rings. The van der Waals surface area contributed by atoms with Crippen LogP contribution in [0.25, 0.3) is 0 Å². The van der Waals surface area contributed by atoms with E-state index in [1.54, 1.807) is 30.3 Å². The second-order valence-electron chi connectivity index (χ2n) is 7.30. The molecule has 0 radical (unpaired) electrons. The van der Waals surface area contributed by atoms with Gasteiger partial charge in [-0.25, -0.2) is 4.79 Å². The van der Waals surface area contributed by atoms with Gasteiger partial charge in [-0.2, -0.15) is 0 Å². The van der Waals surface area contributed by atoms with Crippen molar-refractivity contribution in [2.75, 3.05) is 49.7 Å². The highest BCUT2D eigenvalue weighted by atomic mass is 16.5. The van der Waals surface area contributed by atoms with Crippen molar-refractivity contribution in [1.29, 1.82) is 0 Å². The molecule has 0 saturated carbocycles.